The van der Waals surface area contributed by atoms with Crippen LogP contribution in [0, 0.1) is 5.92 Å². The highest BCUT2D eigenvalue weighted by Gasteiger charge is 2.17. The van der Waals surface area contributed by atoms with E-state index in [9.17, 15) is 9.59 Å². The van der Waals surface area contributed by atoms with Crippen LogP contribution in [0.4, 0.5) is 0 Å². The fourth-order valence-electron chi connectivity index (χ4n) is 4.61. The zero-order chi connectivity index (χ0) is 27.4. The van der Waals surface area contributed by atoms with Crippen molar-refractivity contribution < 1.29 is 19.2 Å². The van der Waals surface area contributed by atoms with Gasteiger partial charge in [0.25, 0.3) is 0 Å². The zero-order valence-corrected chi connectivity index (χ0v) is 25.1. The Bertz CT molecular complexity index is 547. The molecular formula is C32H61NO4. The maximum Gasteiger partial charge on any atom is 0.306 e. The largest absolute Gasteiger partial charge is 0.461 e. The van der Waals surface area contributed by atoms with E-state index in [1.165, 1.54) is 64.2 Å². The molecule has 0 aliphatic rings. The lowest BCUT2D eigenvalue weighted by Gasteiger charge is -2.16. The van der Waals surface area contributed by atoms with Crippen LogP contribution < -0.4 is 0 Å². The van der Waals surface area contributed by atoms with Gasteiger partial charge in [-0.05, 0) is 38.5 Å². The Morgan fingerprint density at radius 2 is 1.24 bits per heavy atom. The highest BCUT2D eigenvalue weighted by atomic mass is 16.7. The van der Waals surface area contributed by atoms with Gasteiger partial charge < -0.3 is 4.74 Å². The number of ketones is 1. The predicted octanol–water partition coefficient (Wildman–Crippen LogP) is 9.00. The molecule has 0 saturated carbocycles. The number of nitrogens with zero attached hydrogens (tertiary/aromatic N) is 1. The zero-order valence-electron chi connectivity index (χ0n) is 25.1. The van der Waals surface area contributed by atoms with Gasteiger partial charge in [0, 0.05) is 32.9 Å². The molecule has 0 heterocycles. The number of ether oxygens (including phenoxy) is 1. The number of Topliss-reactive ketones (excluding diaryl/α,β-unsaturated/α-hetero) is 1. The SMILES string of the molecule is CCCCCC/C=C\COC(=O)CCCCCCCC(CCCCCCCC)C(=O)CCCON(C)C. The van der Waals surface area contributed by atoms with E-state index in [2.05, 4.69) is 19.9 Å². The highest BCUT2D eigenvalue weighted by Crippen LogP contribution is 2.22. The second-order valence-corrected chi connectivity index (χ2v) is 10.8. The van der Waals surface area contributed by atoms with Gasteiger partial charge in [0.05, 0.1) is 6.61 Å². The van der Waals surface area contributed by atoms with E-state index in [4.69, 9.17) is 9.57 Å². The number of allylic oxidation sites excluding steroid dienone is 1. The average molecular weight is 524 g/mol. The Morgan fingerprint density at radius 3 is 1.86 bits per heavy atom. The van der Waals surface area contributed by atoms with Gasteiger partial charge in [0.2, 0.25) is 0 Å². The number of hydrogen-bond donors (Lipinski definition) is 0. The number of carbonyl (C=O) groups excluding carboxylic acids is 2. The summed E-state index contributed by atoms with van der Waals surface area (Å²) in [6.07, 6.45) is 27.2. The van der Waals surface area contributed by atoms with E-state index in [1.54, 1.807) is 5.06 Å². The maximum absolute atomic E-state index is 12.9. The van der Waals surface area contributed by atoms with Crippen LogP contribution in [0.2, 0.25) is 0 Å². The van der Waals surface area contributed by atoms with Crippen LogP contribution >= 0.6 is 0 Å². The number of unbranched alkanes of at least 4 members (excludes halogenated alkanes) is 13. The minimum absolute atomic E-state index is 0.0847. The Balaban J connectivity index is 3.99. The first kappa shape index (κ1) is 35.8. The quantitative estimate of drug-likeness (QED) is 0.0443. The van der Waals surface area contributed by atoms with Crippen molar-refractivity contribution in [3.8, 4) is 0 Å². The molecule has 0 aromatic carbocycles. The molecule has 0 fully saturated rings. The molecule has 1 atom stereocenters. The van der Waals surface area contributed by atoms with Crippen molar-refractivity contribution >= 4 is 11.8 Å². The molecular weight excluding hydrogens is 462 g/mol. The van der Waals surface area contributed by atoms with Gasteiger partial charge in [-0.3, -0.25) is 14.4 Å². The number of esters is 1. The third kappa shape index (κ3) is 26.2. The molecule has 0 aliphatic heterocycles. The third-order valence-electron chi connectivity index (χ3n) is 6.94. The van der Waals surface area contributed by atoms with Crippen LogP contribution in [-0.4, -0.2) is 44.1 Å². The van der Waals surface area contributed by atoms with Gasteiger partial charge in [0.15, 0.2) is 0 Å². The minimum atomic E-state index is -0.0847. The standard InChI is InChI=1S/C32H61NO4/c1-5-7-9-11-13-18-22-28-36-32(35)27-21-17-14-16-20-25-30(24-19-15-12-10-8-6-2)31(34)26-23-29-37-33(3)4/h18,22,30H,5-17,19-21,23-29H2,1-4H3/b22-18-. The lowest BCUT2D eigenvalue weighted by atomic mass is 9.89. The molecule has 0 rings (SSSR count). The summed E-state index contributed by atoms with van der Waals surface area (Å²) < 4.78 is 5.30. The Kier molecular flexibility index (Phi) is 26.9. The summed E-state index contributed by atoms with van der Waals surface area (Å²) in [7, 11) is 3.75. The van der Waals surface area contributed by atoms with Crippen molar-refractivity contribution in [1.82, 2.24) is 5.06 Å². The molecule has 0 aromatic heterocycles. The van der Waals surface area contributed by atoms with Crippen molar-refractivity contribution in [1.29, 1.82) is 0 Å². The maximum atomic E-state index is 12.9. The first-order valence-electron chi connectivity index (χ1n) is 15.6. The average Bonchev–Trinajstić information content (AvgIpc) is 2.88. The molecule has 0 aliphatic carbocycles. The predicted molar refractivity (Wildman–Crippen MR) is 157 cm³/mol. The summed E-state index contributed by atoms with van der Waals surface area (Å²) in [6.45, 7) is 5.48. The summed E-state index contributed by atoms with van der Waals surface area (Å²) >= 11 is 0. The van der Waals surface area contributed by atoms with Crippen LogP contribution in [0.25, 0.3) is 0 Å². The van der Waals surface area contributed by atoms with Crippen molar-refractivity contribution in [3.05, 3.63) is 12.2 Å². The minimum Gasteiger partial charge on any atom is -0.461 e. The van der Waals surface area contributed by atoms with Gasteiger partial charge in [0.1, 0.15) is 12.4 Å². The van der Waals surface area contributed by atoms with Crippen molar-refractivity contribution in [2.45, 2.75) is 149 Å². The van der Waals surface area contributed by atoms with E-state index in [0.29, 0.717) is 31.8 Å². The lowest BCUT2D eigenvalue weighted by Crippen LogP contribution is -2.17. The molecule has 218 valence electrons. The summed E-state index contributed by atoms with van der Waals surface area (Å²) in [4.78, 5) is 30.2. The van der Waals surface area contributed by atoms with E-state index in [1.807, 2.05) is 20.2 Å². The summed E-state index contributed by atoms with van der Waals surface area (Å²) in [5.41, 5.74) is 0. The molecule has 0 aromatic rings. The highest BCUT2D eigenvalue weighted by molar-refractivity contribution is 5.80. The molecule has 1 unspecified atom stereocenters. The molecule has 5 nitrogen and oxygen atoms in total. The van der Waals surface area contributed by atoms with E-state index >= 15 is 0 Å². The van der Waals surface area contributed by atoms with Crippen LogP contribution in [-0.2, 0) is 19.2 Å². The molecule has 0 amide bonds. The molecule has 0 bridgehead atoms. The van der Waals surface area contributed by atoms with Crippen LogP contribution in [0.3, 0.4) is 0 Å². The summed E-state index contributed by atoms with van der Waals surface area (Å²) in [6, 6.07) is 0. The van der Waals surface area contributed by atoms with Crippen LogP contribution in [0.5, 0.6) is 0 Å². The molecule has 0 saturated heterocycles. The van der Waals surface area contributed by atoms with Crippen molar-refractivity contribution in [2.75, 3.05) is 27.3 Å². The first-order valence-corrected chi connectivity index (χ1v) is 15.6. The van der Waals surface area contributed by atoms with Crippen LogP contribution in [0.15, 0.2) is 12.2 Å². The normalized spacial score (nSPS) is 12.5. The second kappa shape index (κ2) is 27.8. The second-order valence-electron chi connectivity index (χ2n) is 10.8. The van der Waals surface area contributed by atoms with Crippen molar-refractivity contribution in [2.24, 2.45) is 5.92 Å². The summed E-state index contributed by atoms with van der Waals surface area (Å²) in [5, 5.41) is 1.70. The molecule has 37 heavy (non-hydrogen) atoms. The Labute approximate surface area is 230 Å². The molecule has 5 heteroatoms. The molecule has 0 spiro atoms. The number of rotatable bonds is 28. The molecule has 0 N–H and O–H groups in total. The fourth-order valence-corrected chi connectivity index (χ4v) is 4.61. The van der Waals surface area contributed by atoms with Gasteiger partial charge in [-0.1, -0.05) is 109 Å². The van der Waals surface area contributed by atoms with Gasteiger partial charge in [-0.25, -0.2) is 0 Å². The van der Waals surface area contributed by atoms with Gasteiger partial charge in [-0.2, -0.15) is 5.06 Å². The van der Waals surface area contributed by atoms with Crippen LogP contribution in [0.1, 0.15) is 149 Å². The summed E-state index contributed by atoms with van der Waals surface area (Å²) in [5.74, 6) is 0.548. The lowest BCUT2D eigenvalue weighted by molar-refractivity contribution is -0.142. The van der Waals surface area contributed by atoms with E-state index in [0.717, 1.165) is 57.8 Å². The van der Waals surface area contributed by atoms with Gasteiger partial charge >= 0.3 is 5.97 Å². The third-order valence-corrected chi connectivity index (χ3v) is 6.94. The van der Waals surface area contributed by atoms with E-state index in [-0.39, 0.29) is 11.9 Å². The Morgan fingerprint density at radius 1 is 0.676 bits per heavy atom. The number of hydroxylamine groups is 2. The Hall–Kier alpha value is -1.20. The smallest absolute Gasteiger partial charge is 0.306 e. The number of hydrogen-bond acceptors (Lipinski definition) is 5. The molecule has 0 radical (unpaired) electrons. The number of carbonyl (C=O) groups is 2. The fraction of sp³-hybridized carbons (Fsp3) is 0.875. The van der Waals surface area contributed by atoms with E-state index < -0.39 is 0 Å². The first-order chi connectivity index (χ1) is 18.0. The monoisotopic (exact) mass is 523 g/mol. The van der Waals surface area contributed by atoms with Gasteiger partial charge in [-0.15, -0.1) is 0 Å². The topological polar surface area (TPSA) is 55.8 Å². The van der Waals surface area contributed by atoms with Crippen molar-refractivity contribution in [3.63, 3.8) is 0 Å².